The summed E-state index contributed by atoms with van der Waals surface area (Å²) < 4.78 is 12.3. The molecule has 6 heteroatoms. The summed E-state index contributed by atoms with van der Waals surface area (Å²) in [7, 11) is -0.443. The summed E-state index contributed by atoms with van der Waals surface area (Å²) in [5.74, 6) is 0. The van der Waals surface area contributed by atoms with Gasteiger partial charge < -0.3 is 9.31 Å². The molecule has 2 aromatic rings. The Kier molecular flexibility index (Phi) is 2.94. The van der Waals surface area contributed by atoms with E-state index in [0.717, 1.165) is 21.9 Å². The van der Waals surface area contributed by atoms with Gasteiger partial charge in [0.05, 0.1) is 22.9 Å². The summed E-state index contributed by atoms with van der Waals surface area (Å²) >= 11 is 6.32. The number of fused-ring (bicyclic) bond motifs is 1. The molecule has 1 aromatic carbocycles. The van der Waals surface area contributed by atoms with Gasteiger partial charge in [0.1, 0.15) is 0 Å². The van der Waals surface area contributed by atoms with Crippen molar-refractivity contribution in [1.82, 2.24) is 10.2 Å². The molecule has 0 spiro atoms. The lowest BCUT2D eigenvalue weighted by atomic mass is 9.75. The van der Waals surface area contributed by atoms with Crippen LogP contribution in [0.1, 0.15) is 33.3 Å². The average molecular weight is 293 g/mol. The summed E-state index contributed by atoms with van der Waals surface area (Å²) in [5.41, 5.74) is 2.06. The number of aromatic amines is 1. The fourth-order valence-electron chi connectivity index (χ4n) is 2.44. The Hall–Kier alpha value is -1.04. The maximum absolute atomic E-state index is 6.32. The molecular formula is C14H18BClN2O2. The van der Waals surface area contributed by atoms with E-state index >= 15 is 0 Å². The molecule has 0 unspecified atom stereocenters. The third kappa shape index (κ3) is 1.88. The van der Waals surface area contributed by atoms with E-state index < -0.39 is 7.12 Å². The SMILES string of the molecule is Cc1c(Cl)cc2cn[nH]c2c1B1OC(C)(C)C(C)(C)O1. The number of rotatable bonds is 1. The number of nitrogens with zero attached hydrogens (tertiary/aromatic N) is 1. The quantitative estimate of drug-likeness (QED) is 0.822. The molecular weight excluding hydrogens is 274 g/mol. The van der Waals surface area contributed by atoms with Crippen LogP contribution in [-0.2, 0) is 9.31 Å². The Bertz CT molecular complexity index is 665. The molecule has 2 heterocycles. The average Bonchev–Trinajstić information content (AvgIpc) is 2.83. The van der Waals surface area contributed by atoms with Crippen molar-refractivity contribution in [3.63, 3.8) is 0 Å². The molecule has 1 aromatic heterocycles. The molecule has 106 valence electrons. The van der Waals surface area contributed by atoms with Gasteiger partial charge in [0.15, 0.2) is 0 Å². The zero-order valence-electron chi connectivity index (χ0n) is 12.4. The molecule has 20 heavy (non-hydrogen) atoms. The van der Waals surface area contributed by atoms with Crippen LogP contribution in [0.3, 0.4) is 0 Å². The summed E-state index contributed by atoms with van der Waals surface area (Å²) in [6.07, 6.45) is 1.76. The molecule has 1 saturated heterocycles. The molecule has 1 fully saturated rings. The number of H-pyrrole nitrogens is 1. The number of nitrogens with one attached hydrogen (secondary N) is 1. The molecule has 1 aliphatic heterocycles. The van der Waals surface area contributed by atoms with Crippen LogP contribution in [0.2, 0.25) is 5.02 Å². The van der Waals surface area contributed by atoms with Gasteiger partial charge in [-0.3, -0.25) is 5.10 Å². The minimum Gasteiger partial charge on any atom is -0.399 e. The van der Waals surface area contributed by atoms with E-state index in [1.54, 1.807) is 6.20 Å². The van der Waals surface area contributed by atoms with Crippen LogP contribution in [0.15, 0.2) is 12.3 Å². The third-order valence-electron chi connectivity index (χ3n) is 4.47. The maximum Gasteiger partial charge on any atom is 0.497 e. The molecule has 0 radical (unpaired) electrons. The van der Waals surface area contributed by atoms with Gasteiger partial charge in [0, 0.05) is 15.9 Å². The van der Waals surface area contributed by atoms with Gasteiger partial charge in [-0.25, -0.2) is 0 Å². The first-order valence-corrected chi connectivity index (χ1v) is 7.08. The van der Waals surface area contributed by atoms with Crippen molar-refractivity contribution in [2.24, 2.45) is 0 Å². The Morgan fingerprint density at radius 2 is 1.80 bits per heavy atom. The molecule has 0 amide bonds. The van der Waals surface area contributed by atoms with Gasteiger partial charge in [-0.15, -0.1) is 0 Å². The van der Waals surface area contributed by atoms with E-state index in [0.29, 0.717) is 5.02 Å². The lowest BCUT2D eigenvalue weighted by Gasteiger charge is -2.32. The molecule has 3 rings (SSSR count). The van der Waals surface area contributed by atoms with Crippen LogP contribution in [0, 0.1) is 6.92 Å². The molecule has 0 saturated carbocycles. The lowest BCUT2D eigenvalue weighted by Crippen LogP contribution is -2.41. The van der Waals surface area contributed by atoms with E-state index in [1.807, 2.05) is 40.7 Å². The van der Waals surface area contributed by atoms with Crippen molar-refractivity contribution in [3.05, 3.63) is 22.8 Å². The van der Waals surface area contributed by atoms with Crippen LogP contribution in [-0.4, -0.2) is 28.5 Å². The largest absolute Gasteiger partial charge is 0.497 e. The fourth-order valence-corrected chi connectivity index (χ4v) is 2.66. The Morgan fingerprint density at radius 1 is 1.20 bits per heavy atom. The van der Waals surface area contributed by atoms with Crippen LogP contribution in [0.4, 0.5) is 0 Å². The van der Waals surface area contributed by atoms with Crippen LogP contribution in [0.25, 0.3) is 10.9 Å². The smallest absolute Gasteiger partial charge is 0.399 e. The summed E-state index contributed by atoms with van der Waals surface area (Å²) in [6.45, 7) is 10.1. The predicted octanol–water partition coefficient (Wildman–Crippen LogP) is 2.82. The van der Waals surface area contributed by atoms with Gasteiger partial charge in [-0.2, -0.15) is 5.10 Å². The normalized spacial score (nSPS) is 20.8. The summed E-state index contributed by atoms with van der Waals surface area (Å²) in [6, 6.07) is 1.91. The number of hydrogen-bond donors (Lipinski definition) is 1. The van der Waals surface area contributed by atoms with Gasteiger partial charge >= 0.3 is 7.12 Å². The second kappa shape index (κ2) is 4.23. The van der Waals surface area contributed by atoms with Crippen molar-refractivity contribution in [3.8, 4) is 0 Å². The third-order valence-corrected chi connectivity index (χ3v) is 4.86. The van der Waals surface area contributed by atoms with Gasteiger partial charge in [-0.1, -0.05) is 11.6 Å². The van der Waals surface area contributed by atoms with E-state index in [9.17, 15) is 0 Å². The van der Waals surface area contributed by atoms with Crippen LogP contribution < -0.4 is 5.46 Å². The van der Waals surface area contributed by atoms with Crippen molar-refractivity contribution in [2.75, 3.05) is 0 Å². The van der Waals surface area contributed by atoms with E-state index in [-0.39, 0.29) is 11.2 Å². The van der Waals surface area contributed by atoms with Crippen molar-refractivity contribution < 1.29 is 9.31 Å². The van der Waals surface area contributed by atoms with Crippen LogP contribution in [0.5, 0.6) is 0 Å². The standard InChI is InChI=1S/C14H18BClN2O2/c1-8-10(16)6-9-7-17-18-12(9)11(8)15-19-13(2,3)14(4,5)20-15/h6-7H,1-5H3,(H,17,18). The second-order valence-electron chi connectivity index (χ2n) is 6.32. The first-order chi connectivity index (χ1) is 9.23. The van der Waals surface area contributed by atoms with E-state index in [1.165, 1.54) is 0 Å². The van der Waals surface area contributed by atoms with Gasteiger partial charge in [0.25, 0.3) is 0 Å². The molecule has 1 aliphatic rings. The highest BCUT2D eigenvalue weighted by Crippen LogP contribution is 2.37. The first-order valence-electron chi connectivity index (χ1n) is 6.71. The van der Waals surface area contributed by atoms with Crippen LogP contribution >= 0.6 is 11.6 Å². The summed E-state index contributed by atoms with van der Waals surface area (Å²) in [4.78, 5) is 0. The fraction of sp³-hybridized carbons (Fsp3) is 0.500. The van der Waals surface area contributed by atoms with Crippen molar-refractivity contribution >= 4 is 35.1 Å². The monoisotopic (exact) mass is 292 g/mol. The van der Waals surface area contributed by atoms with Crippen molar-refractivity contribution in [1.29, 1.82) is 0 Å². The molecule has 0 bridgehead atoms. The minimum atomic E-state index is -0.443. The highest BCUT2D eigenvalue weighted by Gasteiger charge is 2.52. The topological polar surface area (TPSA) is 47.1 Å². The van der Waals surface area contributed by atoms with Crippen molar-refractivity contribution in [2.45, 2.75) is 45.8 Å². The van der Waals surface area contributed by atoms with E-state index in [2.05, 4.69) is 10.2 Å². The molecule has 4 nitrogen and oxygen atoms in total. The number of hydrogen-bond acceptors (Lipinski definition) is 3. The Morgan fingerprint density at radius 3 is 2.40 bits per heavy atom. The Labute approximate surface area is 123 Å². The second-order valence-corrected chi connectivity index (χ2v) is 6.73. The minimum absolute atomic E-state index is 0.376. The predicted molar refractivity (Wildman–Crippen MR) is 81.6 cm³/mol. The maximum atomic E-state index is 6.32. The Balaban J connectivity index is 2.16. The van der Waals surface area contributed by atoms with Gasteiger partial charge in [-0.05, 0) is 46.2 Å². The summed E-state index contributed by atoms with van der Waals surface area (Å²) in [5, 5.41) is 8.77. The molecule has 0 atom stereocenters. The highest BCUT2D eigenvalue weighted by atomic mass is 35.5. The zero-order valence-corrected chi connectivity index (χ0v) is 13.1. The highest BCUT2D eigenvalue weighted by molar-refractivity contribution is 6.66. The number of halogens is 1. The molecule has 0 aliphatic carbocycles. The zero-order chi connectivity index (χ0) is 14.7. The lowest BCUT2D eigenvalue weighted by molar-refractivity contribution is 0.00578. The first kappa shape index (κ1) is 13.9. The van der Waals surface area contributed by atoms with Gasteiger partial charge in [0.2, 0.25) is 0 Å². The number of benzene rings is 1. The van der Waals surface area contributed by atoms with E-state index in [4.69, 9.17) is 20.9 Å². The number of aromatic nitrogens is 2. The molecule has 1 N–H and O–H groups in total.